The van der Waals surface area contributed by atoms with Crippen molar-refractivity contribution in [3.8, 4) is 0 Å². The van der Waals surface area contributed by atoms with Crippen molar-refractivity contribution >= 4 is 28.9 Å². The van der Waals surface area contributed by atoms with Gasteiger partial charge in [0.25, 0.3) is 17.5 Å². The highest BCUT2D eigenvalue weighted by molar-refractivity contribution is 5.97. The molecule has 0 heterocycles. The number of nitro groups is 1. The predicted molar refractivity (Wildman–Crippen MR) is 138 cm³/mol. The number of carbonyl (C=O) groups is 2. The lowest BCUT2D eigenvalue weighted by atomic mass is 9.89. The first-order valence-electron chi connectivity index (χ1n) is 11.9. The van der Waals surface area contributed by atoms with Crippen molar-refractivity contribution in [2.75, 3.05) is 23.7 Å². The maximum atomic E-state index is 13.2. The zero-order valence-electron chi connectivity index (χ0n) is 20.2. The van der Waals surface area contributed by atoms with Gasteiger partial charge in [-0.2, -0.15) is 13.2 Å². The lowest BCUT2D eigenvalue weighted by Gasteiger charge is -2.23. The molecule has 1 saturated carbocycles. The first-order chi connectivity index (χ1) is 17.4. The van der Waals surface area contributed by atoms with E-state index in [4.69, 9.17) is 0 Å². The molecular formula is C26H33F3N4O5. The van der Waals surface area contributed by atoms with Gasteiger partial charge in [0.15, 0.2) is 5.60 Å². The minimum Gasteiger partial charge on any atom is -0.382 e. The summed E-state index contributed by atoms with van der Waals surface area (Å²) in [5.74, 6) is -0.705. The van der Waals surface area contributed by atoms with Gasteiger partial charge in [-0.3, -0.25) is 19.7 Å². The number of alkyl halides is 3. The second-order valence-electron chi connectivity index (χ2n) is 9.36. The molecule has 3 rings (SSSR count). The monoisotopic (exact) mass is 538 g/mol. The molecule has 0 radical (unpaired) electrons. The predicted octanol–water partition coefficient (Wildman–Crippen LogP) is 5.36. The largest absolute Gasteiger partial charge is 0.423 e. The summed E-state index contributed by atoms with van der Waals surface area (Å²) < 4.78 is 39.5. The summed E-state index contributed by atoms with van der Waals surface area (Å²) in [6.07, 6.45) is 0.834. The second kappa shape index (κ2) is 12.7. The normalized spacial score (nSPS) is 15.5. The number of nitro benzene ring substituents is 1. The minimum atomic E-state index is -5.01. The van der Waals surface area contributed by atoms with Gasteiger partial charge in [-0.05, 0) is 62.1 Å². The molecule has 0 aliphatic heterocycles. The van der Waals surface area contributed by atoms with Crippen LogP contribution >= 0.6 is 0 Å². The molecule has 1 fully saturated rings. The summed E-state index contributed by atoms with van der Waals surface area (Å²) in [6, 6.07) is 8.44. The Balaban J connectivity index is 0.00000507. The average Bonchev–Trinajstić information content (AvgIpc) is 2.86. The van der Waals surface area contributed by atoms with Gasteiger partial charge in [-0.15, -0.1) is 0 Å². The number of anilines is 2. The Kier molecular flexibility index (Phi) is 10.2. The van der Waals surface area contributed by atoms with E-state index in [2.05, 4.69) is 16.0 Å². The van der Waals surface area contributed by atoms with Crippen LogP contribution in [-0.2, 0) is 11.0 Å². The topological polar surface area (TPSA) is 134 Å². The summed E-state index contributed by atoms with van der Waals surface area (Å²) in [6.45, 7) is 1.50. The van der Waals surface area contributed by atoms with E-state index in [9.17, 15) is 38.0 Å². The number of nitrogens with zero attached hydrogens (tertiary/aromatic N) is 1. The Morgan fingerprint density at radius 2 is 1.66 bits per heavy atom. The molecule has 1 aliphatic carbocycles. The van der Waals surface area contributed by atoms with E-state index >= 15 is 0 Å². The van der Waals surface area contributed by atoms with Crippen LogP contribution in [0.25, 0.3) is 0 Å². The number of nitrogens with one attached hydrogen (secondary N) is 3. The number of rotatable bonds is 9. The number of amides is 2. The summed E-state index contributed by atoms with van der Waals surface area (Å²) in [7, 11) is 0. The molecule has 0 bridgehead atoms. The van der Waals surface area contributed by atoms with Crippen LogP contribution in [0, 0.1) is 16.0 Å². The Morgan fingerprint density at radius 1 is 1.05 bits per heavy atom. The molecule has 2 aromatic rings. The molecule has 0 spiro atoms. The Bertz CT molecular complexity index is 1130. The highest BCUT2D eigenvalue weighted by Crippen LogP contribution is 2.37. The quantitative estimate of drug-likeness (QED) is 0.251. The molecule has 0 aromatic heterocycles. The SMILES string of the molecule is C.CC(O)(CNc1ccc(C(=O)NCC2CCCCC2)cc1)C(=O)Nc1ccc([N+](=O)[O-])c(C(F)(F)F)c1. The number of hydrogen-bond donors (Lipinski definition) is 4. The number of aliphatic hydroxyl groups is 1. The molecule has 38 heavy (non-hydrogen) atoms. The van der Waals surface area contributed by atoms with Gasteiger partial charge >= 0.3 is 6.18 Å². The van der Waals surface area contributed by atoms with Crippen molar-refractivity contribution in [2.24, 2.45) is 5.92 Å². The van der Waals surface area contributed by atoms with E-state index in [-0.39, 0.29) is 25.6 Å². The third-order valence-electron chi connectivity index (χ3n) is 6.31. The maximum Gasteiger partial charge on any atom is 0.423 e. The highest BCUT2D eigenvalue weighted by atomic mass is 19.4. The van der Waals surface area contributed by atoms with Gasteiger partial charge in [-0.25, -0.2) is 0 Å². The molecule has 208 valence electrons. The van der Waals surface area contributed by atoms with E-state index in [0.717, 1.165) is 18.9 Å². The molecule has 2 aromatic carbocycles. The van der Waals surface area contributed by atoms with E-state index in [1.807, 2.05) is 0 Å². The molecule has 1 unspecified atom stereocenters. The third kappa shape index (κ3) is 8.17. The fraction of sp³-hybridized carbons (Fsp3) is 0.462. The molecule has 2 amide bonds. The van der Waals surface area contributed by atoms with Gasteiger partial charge < -0.3 is 21.1 Å². The van der Waals surface area contributed by atoms with Gasteiger partial charge in [0.1, 0.15) is 5.56 Å². The van der Waals surface area contributed by atoms with Crippen LogP contribution in [0.5, 0.6) is 0 Å². The molecule has 0 saturated heterocycles. The summed E-state index contributed by atoms with van der Waals surface area (Å²) in [4.78, 5) is 34.6. The van der Waals surface area contributed by atoms with Crippen LogP contribution < -0.4 is 16.0 Å². The second-order valence-corrected chi connectivity index (χ2v) is 9.36. The minimum absolute atomic E-state index is 0. The van der Waals surface area contributed by atoms with Gasteiger partial charge in [0.2, 0.25) is 0 Å². The Hall–Kier alpha value is -3.67. The van der Waals surface area contributed by atoms with Gasteiger partial charge in [0.05, 0.1) is 11.5 Å². The Morgan fingerprint density at radius 3 is 2.24 bits per heavy atom. The standard InChI is InChI=1S/C25H29F3N4O5.CH4/c1-24(35,23(34)31-19-11-12-21(32(36)37)20(13-19)25(26,27)28)15-30-18-9-7-17(8-10-18)22(33)29-14-16-5-3-2-4-6-16;/h7-13,16,30,35H,2-6,14-15H2,1H3,(H,29,33)(H,31,34);1H4. The fourth-order valence-corrected chi connectivity index (χ4v) is 4.09. The molecule has 4 N–H and O–H groups in total. The van der Waals surface area contributed by atoms with Crippen LogP contribution in [0.15, 0.2) is 42.5 Å². The fourth-order valence-electron chi connectivity index (χ4n) is 4.09. The number of halogens is 3. The first kappa shape index (κ1) is 30.6. The number of hydrogen-bond acceptors (Lipinski definition) is 6. The van der Waals surface area contributed by atoms with Crippen molar-refractivity contribution < 1.29 is 32.8 Å². The number of carbonyl (C=O) groups excluding carboxylic acids is 2. The van der Waals surface area contributed by atoms with E-state index in [0.29, 0.717) is 35.8 Å². The van der Waals surface area contributed by atoms with E-state index < -0.39 is 33.9 Å². The van der Waals surface area contributed by atoms with Crippen LogP contribution in [0.1, 0.15) is 62.4 Å². The smallest absolute Gasteiger partial charge is 0.382 e. The van der Waals surface area contributed by atoms with Crippen molar-refractivity contribution in [1.82, 2.24) is 5.32 Å². The van der Waals surface area contributed by atoms with Crippen molar-refractivity contribution in [2.45, 2.75) is 58.2 Å². The van der Waals surface area contributed by atoms with E-state index in [1.165, 1.54) is 26.2 Å². The first-order valence-corrected chi connectivity index (χ1v) is 11.9. The molecule has 1 aliphatic rings. The number of benzene rings is 2. The zero-order valence-corrected chi connectivity index (χ0v) is 20.2. The van der Waals surface area contributed by atoms with Crippen LogP contribution in [0.3, 0.4) is 0 Å². The van der Waals surface area contributed by atoms with E-state index in [1.54, 1.807) is 24.3 Å². The molecule has 9 nitrogen and oxygen atoms in total. The lowest BCUT2D eigenvalue weighted by Crippen LogP contribution is -2.45. The average molecular weight is 539 g/mol. The van der Waals surface area contributed by atoms with Crippen LogP contribution in [-0.4, -0.2) is 40.5 Å². The van der Waals surface area contributed by atoms with Gasteiger partial charge in [-0.1, -0.05) is 26.7 Å². The zero-order chi connectivity index (χ0) is 27.2. The summed E-state index contributed by atoms with van der Waals surface area (Å²) in [5.41, 5.74) is -4.10. The lowest BCUT2D eigenvalue weighted by molar-refractivity contribution is -0.388. The molecule has 1 atom stereocenters. The highest BCUT2D eigenvalue weighted by Gasteiger charge is 2.39. The summed E-state index contributed by atoms with van der Waals surface area (Å²) >= 11 is 0. The molecule has 12 heteroatoms. The van der Waals surface area contributed by atoms with Crippen molar-refractivity contribution in [1.29, 1.82) is 0 Å². The summed E-state index contributed by atoms with van der Waals surface area (Å²) in [5, 5.41) is 29.4. The maximum absolute atomic E-state index is 13.2. The third-order valence-corrected chi connectivity index (χ3v) is 6.31. The van der Waals surface area contributed by atoms with Crippen molar-refractivity contribution in [3.63, 3.8) is 0 Å². The van der Waals surface area contributed by atoms with Crippen molar-refractivity contribution in [3.05, 3.63) is 63.7 Å². The Labute approximate surface area is 219 Å². The van der Waals surface area contributed by atoms with Crippen LogP contribution in [0.2, 0.25) is 0 Å². The van der Waals surface area contributed by atoms with Crippen LogP contribution in [0.4, 0.5) is 30.2 Å². The van der Waals surface area contributed by atoms with Gasteiger partial charge in [0, 0.05) is 29.5 Å². The molecular weight excluding hydrogens is 505 g/mol.